The molecule has 5 aromatic rings. The third kappa shape index (κ3) is 4.24. The van der Waals surface area contributed by atoms with Gasteiger partial charge in [-0.2, -0.15) is 0 Å². The number of fused-ring (bicyclic) bond motifs is 3. The first kappa shape index (κ1) is 23.0. The zero-order valence-electron chi connectivity index (χ0n) is 21.0. The number of amides is 1. The molecule has 0 N–H and O–H groups in total. The van der Waals surface area contributed by atoms with Crippen molar-refractivity contribution in [2.24, 2.45) is 0 Å². The Balaban J connectivity index is 1.39. The van der Waals surface area contributed by atoms with Crippen LogP contribution in [0.3, 0.4) is 0 Å². The average molecular weight is 493 g/mol. The van der Waals surface area contributed by atoms with E-state index in [1.165, 1.54) is 0 Å². The fraction of sp³-hybridized carbons (Fsp3) is 0.241. The Kier molecular flexibility index (Phi) is 5.92. The number of rotatable bonds is 4. The molecule has 37 heavy (non-hydrogen) atoms. The van der Waals surface area contributed by atoms with Gasteiger partial charge in [0.1, 0.15) is 5.75 Å². The van der Waals surface area contributed by atoms with Gasteiger partial charge in [0.2, 0.25) is 5.95 Å². The van der Waals surface area contributed by atoms with E-state index >= 15 is 0 Å². The van der Waals surface area contributed by atoms with Crippen LogP contribution in [0.25, 0.3) is 27.9 Å². The zero-order chi connectivity index (χ0) is 25.4. The molecule has 0 bridgehead atoms. The molecule has 8 heteroatoms. The molecule has 0 radical (unpaired) electrons. The second kappa shape index (κ2) is 9.54. The van der Waals surface area contributed by atoms with Gasteiger partial charge in [-0.15, -0.1) is 10.2 Å². The van der Waals surface area contributed by atoms with Gasteiger partial charge < -0.3 is 14.5 Å². The Bertz CT molecular complexity index is 1580. The quantitative estimate of drug-likeness (QED) is 0.365. The van der Waals surface area contributed by atoms with Crippen LogP contribution >= 0.6 is 0 Å². The largest absolute Gasteiger partial charge is 0.497 e. The summed E-state index contributed by atoms with van der Waals surface area (Å²) >= 11 is 0. The summed E-state index contributed by atoms with van der Waals surface area (Å²) in [5.41, 5.74) is 4.44. The minimum atomic E-state index is 0.0710. The van der Waals surface area contributed by atoms with Gasteiger partial charge in [0, 0.05) is 42.7 Å². The molecule has 1 aliphatic heterocycles. The lowest BCUT2D eigenvalue weighted by Crippen LogP contribution is -2.36. The number of anilines is 1. The predicted molar refractivity (Wildman–Crippen MR) is 144 cm³/mol. The van der Waals surface area contributed by atoms with Gasteiger partial charge in [0.05, 0.1) is 12.6 Å². The fourth-order valence-electron chi connectivity index (χ4n) is 4.90. The molecule has 6 rings (SSSR count). The van der Waals surface area contributed by atoms with Crippen molar-refractivity contribution in [1.82, 2.24) is 24.5 Å². The van der Waals surface area contributed by atoms with Crippen LogP contribution in [0.2, 0.25) is 0 Å². The first-order chi connectivity index (χ1) is 18.1. The van der Waals surface area contributed by atoms with E-state index in [0.29, 0.717) is 19.6 Å². The van der Waals surface area contributed by atoms with Crippen molar-refractivity contribution in [3.05, 3.63) is 83.9 Å². The lowest BCUT2D eigenvalue weighted by atomic mass is 10.1. The number of nitrogens with zero attached hydrogens (tertiary/aromatic N) is 6. The molecule has 0 spiro atoms. The summed E-state index contributed by atoms with van der Waals surface area (Å²) in [5.74, 6) is 2.37. The molecule has 1 saturated heterocycles. The van der Waals surface area contributed by atoms with E-state index in [1.807, 2.05) is 89.0 Å². The molecule has 2 aromatic heterocycles. The number of aromatic nitrogens is 4. The van der Waals surface area contributed by atoms with Crippen LogP contribution in [0.15, 0.2) is 72.8 Å². The summed E-state index contributed by atoms with van der Waals surface area (Å²) in [6, 6.07) is 23.6. The normalized spacial score (nSPS) is 14.2. The summed E-state index contributed by atoms with van der Waals surface area (Å²) in [6.07, 6.45) is 0.841. The first-order valence-corrected chi connectivity index (χ1v) is 12.5. The Labute approximate surface area is 215 Å². The van der Waals surface area contributed by atoms with Crippen LogP contribution in [0.1, 0.15) is 22.3 Å². The van der Waals surface area contributed by atoms with E-state index in [2.05, 4.69) is 15.1 Å². The highest BCUT2D eigenvalue weighted by atomic mass is 16.5. The molecule has 8 nitrogen and oxygen atoms in total. The van der Waals surface area contributed by atoms with Gasteiger partial charge in [-0.25, -0.2) is 9.38 Å². The van der Waals surface area contributed by atoms with E-state index in [0.717, 1.165) is 63.7 Å². The highest BCUT2D eigenvalue weighted by Crippen LogP contribution is 2.30. The summed E-state index contributed by atoms with van der Waals surface area (Å²) in [7, 11) is 1.65. The second-order valence-corrected chi connectivity index (χ2v) is 9.34. The van der Waals surface area contributed by atoms with Crippen LogP contribution in [-0.2, 0) is 0 Å². The molecule has 0 atom stereocenters. The molecule has 3 aromatic carbocycles. The maximum Gasteiger partial charge on any atom is 0.253 e. The van der Waals surface area contributed by atoms with Crippen LogP contribution in [0, 0.1) is 6.92 Å². The van der Waals surface area contributed by atoms with Crippen LogP contribution in [-0.4, -0.2) is 63.7 Å². The van der Waals surface area contributed by atoms with E-state index in [9.17, 15) is 4.79 Å². The summed E-state index contributed by atoms with van der Waals surface area (Å²) in [6.45, 7) is 4.79. The van der Waals surface area contributed by atoms with Gasteiger partial charge in [0.25, 0.3) is 5.91 Å². The summed E-state index contributed by atoms with van der Waals surface area (Å²) < 4.78 is 7.38. The zero-order valence-corrected chi connectivity index (χ0v) is 21.0. The Morgan fingerprint density at radius 3 is 2.43 bits per heavy atom. The molecule has 0 unspecified atom stereocenters. The van der Waals surface area contributed by atoms with Crippen molar-refractivity contribution in [3.8, 4) is 17.1 Å². The van der Waals surface area contributed by atoms with E-state index < -0.39 is 0 Å². The number of aryl methyl sites for hydroxylation is 1. The average Bonchev–Trinajstić information content (AvgIpc) is 3.24. The van der Waals surface area contributed by atoms with Gasteiger partial charge in [0.15, 0.2) is 11.5 Å². The van der Waals surface area contributed by atoms with Crippen LogP contribution in [0.5, 0.6) is 5.75 Å². The third-order valence-corrected chi connectivity index (χ3v) is 6.94. The molecule has 3 heterocycles. The van der Waals surface area contributed by atoms with Gasteiger partial charge in [-0.1, -0.05) is 29.8 Å². The number of methoxy groups -OCH3 is 1. The van der Waals surface area contributed by atoms with Crippen molar-refractivity contribution in [3.63, 3.8) is 0 Å². The Morgan fingerprint density at radius 2 is 1.65 bits per heavy atom. The second-order valence-electron chi connectivity index (χ2n) is 9.34. The Morgan fingerprint density at radius 1 is 0.865 bits per heavy atom. The SMILES string of the molecule is COc1ccc(-c2nnc3c4ccccc4nc(N4CCCN(C(=O)c5ccc(C)cc5)CC4)n23)cc1. The highest BCUT2D eigenvalue weighted by Gasteiger charge is 2.25. The minimum Gasteiger partial charge on any atom is -0.497 e. The predicted octanol–water partition coefficient (Wildman–Crippen LogP) is 4.61. The molecular weight excluding hydrogens is 464 g/mol. The van der Waals surface area contributed by atoms with Crippen LogP contribution in [0.4, 0.5) is 5.95 Å². The number of hydrogen-bond donors (Lipinski definition) is 0. The number of carbonyl (C=O) groups is 1. The minimum absolute atomic E-state index is 0.0710. The lowest BCUT2D eigenvalue weighted by Gasteiger charge is -2.24. The molecule has 1 aliphatic rings. The number of benzene rings is 3. The fourth-order valence-corrected chi connectivity index (χ4v) is 4.90. The molecular formula is C29H28N6O2. The third-order valence-electron chi connectivity index (χ3n) is 6.94. The van der Waals surface area contributed by atoms with Crippen molar-refractivity contribution in [2.45, 2.75) is 13.3 Å². The topological polar surface area (TPSA) is 75.9 Å². The molecule has 186 valence electrons. The summed E-state index contributed by atoms with van der Waals surface area (Å²) in [4.78, 5) is 22.5. The maximum atomic E-state index is 13.2. The van der Waals surface area contributed by atoms with Crippen molar-refractivity contribution in [2.75, 3.05) is 38.2 Å². The molecule has 0 saturated carbocycles. The molecule has 1 amide bonds. The number of ether oxygens (including phenoxy) is 1. The maximum absolute atomic E-state index is 13.2. The van der Waals surface area contributed by atoms with Gasteiger partial charge in [-0.05, 0) is 61.9 Å². The molecule has 1 fully saturated rings. The number of hydrogen-bond acceptors (Lipinski definition) is 6. The highest BCUT2D eigenvalue weighted by molar-refractivity contribution is 5.95. The standard InChI is InChI=1S/C29H28N6O2/c1-20-8-10-22(11-9-20)28(36)33-16-5-17-34(19-18-33)29-30-25-7-4-3-6-24(25)27-32-31-26(35(27)29)21-12-14-23(37-2)15-13-21/h3-4,6-15H,5,16-19H2,1-2H3. The van der Waals surface area contributed by atoms with Crippen LogP contribution < -0.4 is 9.64 Å². The molecule has 0 aliphatic carbocycles. The Hall–Kier alpha value is -4.46. The van der Waals surface area contributed by atoms with E-state index in [-0.39, 0.29) is 5.91 Å². The van der Waals surface area contributed by atoms with Crippen molar-refractivity contribution >= 4 is 28.4 Å². The monoisotopic (exact) mass is 492 g/mol. The number of carbonyl (C=O) groups excluding carboxylic acids is 1. The van der Waals surface area contributed by atoms with E-state index in [1.54, 1.807) is 7.11 Å². The van der Waals surface area contributed by atoms with Crippen molar-refractivity contribution in [1.29, 1.82) is 0 Å². The lowest BCUT2D eigenvalue weighted by molar-refractivity contribution is 0.0767. The first-order valence-electron chi connectivity index (χ1n) is 12.5. The van der Waals surface area contributed by atoms with E-state index in [4.69, 9.17) is 9.72 Å². The number of para-hydroxylation sites is 1. The summed E-state index contributed by atoms with van der Waals surface area (Å²) in [5, 5.41) is 10.1. The van der Waals surface area contributed by atoms with Gasteiger partial charge >= 0.3 is 0 Å². The van der Waals surface area contributed by atoms with Gasteiger partial charge in [-0.3, -0.25) is 4.79 Å². The smallest absolute Gasteiger partial charge is 0.253 e. The van der Waals surface area contributed by atoms with Crippen molar-refractivity contribution < 1.29 is 9.53 Å².